The Morgan fingerprint density at radius 3 is 2.52 bits per heavy atom. The second-order valence-electron chi connectivity index (χ2n) is 6.76. The molecule has 2 N–H and O–H groups in total. The van der Waals surface area contributed by atoms with Crippen LogP contribution >= 0.6 is 0 Å². The molecule has 6 heteroatoms. The summed E-state index contributed by atoms with van der Waals surface area (Å²) in [5.41, 5.74) is 0. The molecular weight excluding hydrogens is 270 g/mol. The Morgan fingerprint density at radius 1 is 1.29 bits per heavy atom. The summed E-state index contributed by atoms with van der Waals surface area (Å²) in [4.78, 5) is 27.3. The molecule has 0 aliphatic carbocycles. The fourth-order valence-corrected chi connectivity index (χ4v) is 3.30. The van der Waals surface area contributed by atoms with Gasteiger partial charge in [0.1, 0.15) is 0 Å². The molecule has 3 atom stereocenters. The molecule has 2 amide bonds. The summed E-state index contributed by atoms with van der Waals surface area (Å²) in [5.74, 6) is -0.706. The highest BCUT2D eigenvalue weighted by Crippen LogP contribution is 2.23. The maximum absolute atomic E-state index is 12.1. The molecule has 0 aromatic heterocycles. The smallest absolute Gasteiger partial charge is 0.317 e. The number of nitrogens with zero attached hydrogens (tertiary/aromatic N) is 2. The van der Waals surface area contributed by atoms with E-state index in [0.717, 1.165) is 19.5 Å². The van der Waals surface area contributed by atoms with Crippen molar-refractivity contribution >= 4 is 12.0 Å². The van der Waals surface area contributed by atoms with E-state index in [1.165, 1.54) is 0 Å². The number of carboxylic acid groups (broad SMARTS) is 1. The van der Waals surface area contributed by atoms with Gasteiger partial charge in [-0.25, -0.2) is 4.79 Å². The first kappa shape index (κ1) is 16.1. The van der Waals surface area contributed by atoms with Gasteiger partial charge < -0.3 is 20.2 Å². The number of carbonyl (C=O) groups is 2. The molecule has 21 heavy (non-hydrogen) atoms. The highest BCUT2D eigenvalue weighted by molar-refractivity contribution is 5.77. The SMILES string of the molecule is CC1CN(C(=O)NCC2CCN(C(C)C)C2)CC1C(=O)O. The number of rotatable bonds is 4. The van der Waals surface area contributed by atoms with Gasteiger partial charge in [0.2, 0.25) is 0 Å². The lowest BCUT2D eigenvalue weighted by Gasteiger charge is -2.21. The van der Waals surface area contributed by atoms with E-state index >= 15 is 0 Å². The highest BCUT2D eigenvalue weighted by atomic mass is 16.4. The number of likely N-dealkylation sites (tertiary alicyclic amines) is 2. The molecule has 0 aromatic rings. The minimum Gasteiger partial charge on any atom is -0.481 e. The Morgan fingerprint density at radius 2 is 2.00 bits per heavy atom. The van der Waals surface area contributed by atoms with E-state index in [1.807, 2.05) is 6.92 Å². The molecule has 2 aliphatic heterocycles. The first-order chi connectivity index (χ1) is 9.88. The Hall–Kier alpha value is -1.30. The van der Waals surface area contributed by atoms with Crippen LogP contribution in [0.3, 0.4) is 0 Å². The lowest BCUT2D eigenvalue weighted by atomic mass is 9.99. The zero-order valence-corrected chi connectivity index (χ0v) is 13.2. The number of amides is 2. The molecule has 0 spiro atoms. The van der Waals surface area contributed by atoms with Gasteiger partial charge in [0, 0.05) is 32.2 Å². The van der Waals surface area contributed by atoms with Crippen LogP contribution < -0.4 is 5.32 Å². The Balaban J connectivity index is 1.75. The summed E-state index contributed by atoms with van der Waals surface area (Å²) in [6.45, 7) is 9.95. The predicted octanol–water partition coefficient (Wildman–Crippen LogP) is 1.08. The van der Waals surface area contributed by atoms with Crippen molar-refractivity contribution in [3.63, 3.8) is 0 Å². The third kappa shape index (κ3) is 3.87. The number of carboxylic acids is 1. The minimum absolute atomic E-state index is 0.0242. The Kier molecular flexibility index (Phi) is 5.08. The first-order valence-corrected chi connectivity index (χ1v) is 7.88. The van der Waals surface area contributed by atoms with E-state index < -0.39 is 11.9 Å². The number of hydrogen-bond acceptors (Lipinski definition) is 3. The van der Waals surface area contributed by atoms with Gasteiger partial charge in [-0.3, -0.25) is 4.79 Å². The predicted molar refractivity (Wildman–Crippen MR) is 80.1 cm³/mol. The van der Waals surface area contributed by atoms with Crippen LogP contribution in [0.4, 0.5) is 4.79 Å². The molecule has 2 aliphatic rings. The summed E-state index contributed by atoms with van der Waals surface area (Å²) in [7, 11) is 0. The summed E-state index contributed by atoms with van der Waals surface area (Å²) in [6, 6.07) is 0.440. The maximum atomic E-state index is 12.1. The van der Waals surface area contributed by atoms with Crippen LogP contribution in [0.15, 0.2) is 0 Å². The van der Waals surface area contributed by atoms with Crippen LogP contribution in [0.1, 0.15) is 27.2 Å². The molecule has 3 unspecified atom stereocenters. The second-order valence-corrected chi connectivity index (χ2v) is 6.76. The van der Waals surface area contributed by atoms with Crippen molar-refractivity contribution in [2.24, 2.45) is 17.8 Å². The minimum atomic E-state index is -0.804. The maximum Gasteiger partial charge on any atom is 0.317 e. The van der Waals surface area contributed by atoms with Crippen LogP contribution in [-0.2, 0) is 4.79 Å². The molecule has 2 heterocycles. The van der Waals surface area contributed by atoms with E-state index in [9.17, 15) is 9.59 Å². The molecule has 0 radical (unpaired) electrons. The fraction of sp³-hybridized carbons (Fsp3) is 0.867. The molecular formula is C15H27N3O3. The average molecular weight is 297 g/mol. The average Bonchev–Trinajstić information content (AvgIpc) is 3.02. The molecule has 120 valence electrons. The second kappa shape index (κ2) is 6.64. The fourth-order valence-electron chi connectivity index (χ4n) is 3.30. The summed E-state index contributed by atoms with van der Waals surface area (Å²) >= 11 is 0. The van der Waals surface area contributed by atoms with Gasteiger partial charge >= 0.3 is 12.0 Å². The van der Waals surface area contributed by atoms with Crippen molar-refractivity contribution in [2.45, 2.75) is 33.2 Å². The standard InChI is InChI=1S/C15H27N3O3/c1-10(2)17-5-4-12(8-17)6-16-15(21)18-7-11(3)13(9-18)14(19)20/h10-13H,4-9H2,1-3H3,(H,16,21)(H,19,20). The van der Waals surface area contributed by atoms with Gasteiger partial charge in [-0.2, -0.15) is 0 Å². The van der Waals surface area contributed by atoms with Crippen LogP contribution in [0.5, 0.6) is 0 Å². The quantitative estimate of drug-likeness (QED) is 0.814. The number of urea groups is 1. The first-order valence-electron chi connectivity index (χ1n) is 7.88. The summed E-state index contributed by atoms with van der Waals surface area (Å²) < 4.78 is 0. The highest BCUT2D eigenvalue weighted by Gasteiger charge is 2.37. The van der Waals surface area contributed by atoms with Gasteiger partial charge in [0.05, 0.1) is 5.92 Å². The molecule has 6 nitrogen and oxygen atoms in total. The van der Waals surface area contributed by atoms with Crippen molar-refractivity contribution < 1.29 is 14.7 Å². The molecule has 0 aromatic carbocycles. The van der Waals surface area contributed by atoms with Crippen molar-refractivity contribution in [1.29, 1.82) is 0 Å². The van der Waals surface area contributed by atoms with Crippen molar-refractivity contribution in [1.82, 2.24) is 15.1 Å². The van der Waals surface area contributed by atoms with Crippen molar-refractivity contribution in [3.05, 3.63) is 0 Å². The van der Waals surface area contributed by atoms with Gasteiger partial charge in [-0.15, -0.1) is 0 Å². The molecule has 2 rings (SSSR count). The van der Waals surface area contributed by atoms with E-state index in [4.69, 9.17) is 5.11 Å². The van der Waals surface area contributed by atoms with E-state index in [0.29, 0.717) is 31.6 Å². The monoisotopic (exact) mass is 297 g/mol. The molecule has 2 fully saturated rings. The normalized spacial score (nSPS) is 30.1. The van der Waals surface area contributed by atoms with E-state index in [2.05, 4.69) is 24.1 Å². The summed E-state index contributed by atoms with van der Waals surface area (Å²) in [5, 5.41) is 12.1. The van der Waals surface area contributed by atoms with Gasteiger partial charge in [0.15, 0.2) is 0 Å². The lowest BCUT2D eigenvalue weighted by Crippen LogP contribution is -2.41. The Bertz CT molecular complexity index is 400. The van der Waals surface area contributed by atoms with Crippen molar-refractivity contribution in [3.8, 4) is 0 Å². The van der Waals surface area contributed by atoms with Crippen molar-refractivity contribution in [2.75, 3.05) is 32.7 Å². The molecule has 0 bridgehead atoms. The van der Waals surface area contributed by atoms with Crippen LogP contribution in [0.25, 0.3) is 0 Å². The largest absolute Gasteiger partial charge is 0.481 e. The van der Waals surface area contributed by atoms with Crippen LogP contribution in [-0.4, -0.2) is 65.7 Å². The topological polar surface area (TPSA) is 72.9 Å². The number of carbonyl (C=O) groups excluding carboxylic acids is 1. The number of nitrogens with one attached hydrogen (secondary N) is 1. The number of hydrogen-bond donors (Lipinski definition) is 2. The van der Waals surface area contributed by atoms with E-state index in [1.54, 1.807) is 4.90 Å². The third-order valence-electron chi connectivity index (χ3n) is 4.81. The van der Waals surface area contributed by atoms with Crippen LogP contribution in [0, 0.1) is 17.8 Å². The zero-order chi connectivity index (χ0) is 15.6. The molecule has 2 saturated heterocycles. The number of aliphatic carboxylic acids is 1. The third-order valence-corrected chi connectivity index (χ3v) is 4.81. The van der Waals surface area contributed by atoms with Gasteiger partial charge in [-0.05, 0) is 38.6 Å². The lowest BCUT2D eigenvalue weighted by molar-refractivity contribution is -0.142. The summed E-state index contributed by atoms with van der Waals surface area (Å²) in [6.07, 6.45) is 1.12. The van der Waals surface area contributed by atoms with Gasteiger partial charge in [-0.1, -0.05) is 6.92 Å². The van der Waals surface area contributed by atoms with E-state index in [-0.39, 0.29) is 11.9 Å². The zero-order valence-electron chi connectivity index (χ0n) is 13.2. The van der Waals surface area contributed by atoms with Gasteiger partial charge in [0.25, 0.3) is 0 Å². The molecule has 0 saturated carbocycles. The van der Waals surface area contributed by atoms with Crippen LogP contribution in [0.2, 0.25) is 0 Å². The Labute approximate surface area is 126 Å².